The normalized spacial score (nSPS) is 12.0. The van der Waals surface area contributed by atoms with E-state index in [2.05, 4.69) is 5.32 Å². The van der Waals surface area contributed by atoms with Crippen LogP contribution in [0.1, 0.15) is 33.1 Å². The number of carbonyl (C=O) groups excluding carboxylic acids is 3. The van der Waals surface area contributed by atoms with Gasteiger partial charge in [-0.15, -0.1) is 0 Å². The topological polar surface area (TPSA) is 127 Å². The lowest BCUT2D eigenvalue weighted by molar-refractivity contribution is -0.142. The van der Waals surface area contributed by atoms with Crippen molar-refractivity contribution in [3.63, 3.8) is 0 Å². The SMILES string of the molecule is CC(=O)SCC(CSC(C)=O)C(=O)N[C@@H](CCCCN)C(=O)O. The third-order valence-electron chi connectivity index (χ3n) is 2.91. The smallest absolute Gasteiger partial charge is 0.326 e. The van der Waals surface area contributed by atoms with E-state index in [1.807, 2.05) is 0 Å². The van der Waals surface area contributed by atoms with Gasteiger partial charge in [0.05, 0.1) is 5.92 Å². The molecule has 0 aliphatic heterocycles. The van der Waals surface area contributed by atoms with Gasteiger partial charge in [0.25, 0.3) is 0 Å². The van der Waals surface area contributed by atoms with E-state index >= 15 is 0 Å². The van der Waals surface area contributed by atoms with Gasteiger partial charge in [-0.2, -0.15) is 0 Å². The third kappa shape index (κ3) is 11.2. The van der Waals surface area contributed by atoms with E-state index in [0.717, 1.165) is 23.5 Å². The Balaban J connectivity index is 4.69. The van der Waals surface area contributed by atoms with E-state index in [9.17, 15) is 24.3 Å². The number of amides is 1. The first kappa shape index (κ1) is 21.9. The van der Waals surface area contributed by atoms with Crippen LogP contribution in [-0.4, -0.2) is 51.3 Å². The van der Waals surface area contributed by atoms with Crippen LogP contribution in [0.15, 0.2) is 0 Å². The number of carboxylic acids is 1. The van der Waals surface area contributed by atoms with Crippen molar-refractivity contribution in [1.29, 1.82) is 0 Å². The van der Waals surface area contributed by atoms with E-state index in [1.165, 1.54) is 13.8 Å². The molecule has 0 fully saturated rings. The van der Waals surface area contributed by atoms with E-state index in [-0.39, 0.29) is 21.7 Å². The number of carboxylic acid groups (broad SMARTS) is 1. The first-order chi connectivity index (χ1) is 10.8. The minimum Gasteiger partial charge on any atom is -0.480 e. The van der Waals surface area contributed by atoms with Gasteiger partial charge >= 0.3 is 5.97 Å². The quantitative estimate of drug-likeness (QED) is 0.461. The maximum atomic E-state index is 12.3. The van der Waals surface area contributed by atoms with Gasteiger partial charge in [-0.05, 0) is 25.8 Å². The number of unbranched alkanes of at least 4 members (excludes halogenated alkanes) is 1. The van der Waals surface area contributed by atoms with Gasteiger partial charge in [-0.1, -0.05) is 23.5 Å². The molecule has 0 heterocycles. The Morgan fingerprint density at radius 1 is 1.04 bits per heavy atom. The molecule has 132 valence electrons. The van der Waals surface area contributed by atoms with Crippen molar-refractivity contribution in [2.24, 2.45) is 11.7 Å². The van der Waals surface area contributed by atoms with Crippen LogP contribution < -0.4 is 11.1 Å². The molecular formula is C14H24N2O5S2. The second-order valence-electron chi connectivity index (χ2n) is 4.99. The highest BCUT2D eigenvalue weighted by molar-refractivity contribution is 8.14. The lowest BCUT2D eigenvalue weighted by atomic mass is 10.1. The van der Waals surface area contributed by atoms with Crippen LogP contribution >= 0.6 is 23.5 Å². The maximum Gasteiger partial charge on any atom is 0.326 e. The molecule has 4 N–H and O–H groups in total. The number of carbonyl (C=O) groups is 4. The van der Waals surface area contributed by atoms with Crippen molar-refractivity contribution < 1.29 is 24.3 Å². The van der Waals surface area contributed by atoms with Gasteiger partial charge in [-0.25, -0.2) is 4.79 Å². The van der Waals surface area contributed by atoms with Gasteiger partial charge in [0.2, 0.25) is 5.91 Å². The number of hydrogen-bond donors (Lipinski definition) is 3. The van der Waals surface area contributed by atoms with Crippen LogP contribution in [0.2, 0.25) is 0 Å². The fourth-order valence-electron chi connectivity index (χ4n) is 1.68. The average Bonchev–Trinajstić information content (AvgIpc) is 2.45. The number of rotatable bonds is 11. The Hall–Kier alpha value is -1.06. The molecule has 0 aromatic rings. The zero-order chi connectivity index (χ0) is 17.8. The van der Waals surface area contributed by atoms with Crippen molar-refractivity contribution >= 4 is 45.6 Å². The number of hydrogen-bond acceptors (Lipinski definition) is 7. The van der Waals surface area contributed by atoms with Crippen LogP contribution in [-0.2, 0) is 19.2 Å². The zero-order valence-electron chi connectivity index (χ0n) is 13.4. The van der Waals surface area contributed by atoms with E-state index in [1.54, 1.807) is 0 Å². The summed E-state index contributed by atoms with van der Waals surface area (Å²) in [6.07, 6.45) is 1.58. The number of thioether (sulfide) groups is 2. The molecular weight excluding hydrogens is 340 g/mol. The summed E-state index contributed by atoms with van der Waals surface area (Å²) in [7, 11) is 0. The molecule has 1 amide bonds. The monoisotopic (exact) mass is 364 g/mol. The van der Waals surface area contributed by atoms with Gasteiger partial charge in [-0.3, -0.25) is 14.4 Å². The van der Waals surface area contributed by atoms with Crippen LogP contribution in [0, 0.1) is 5.92 Å². The lowest BCUT2D eigenvalue weighted by Gasteiger charge is -2.19. The Morgan fingerprint density at radius 2 is 1.57 bits per heavy atom. The Kier molecular flexibility index (Phi) is 11.8. The molecule has 1 atom stereocenters. The summed E-state index contributed by atoms with van der Waals surface area (Å²) < 4.78 is 0. The highest BCUT2D eigenvalue weighted by Crippen LogP contribution is 2.17. The molecule has 0 bridgehead atoms. The first-order valence-electron chi connectivity index (χ1n) is 7.27. The molecule has 0 rings (SSSR count). The summed E-state index contributed by atoms with van der Waals surface area (Å²) in [5, 5.41) is 11.4. The highest BCUT2D eigenvalue weighted by Gasteiger charge is 2.26. The van der Waals surface area contributed by atoms with E-state index in [4.69, 9.17) is 5.73 Å². The molecule has 0 aliphatic rings. The predicted molar refractivity (Wildman–Crippen MR) is 92.2 cm³/mol. The molecule has 0 radical (unpaired) electrons. The third-order valence-corrected chi connectivity index (χ3v) is 4.86. The van der Waals surface area contributed by atoms with Gasteiger partial charge in [0.15, 0.2) is 10.2 Å². The second kappa shape index (κ2) is 12.4. The van der Waals surface area contributed by atoms with Crippen molar-refractivity contribution in [3.05, 3.63) is 0 Å². The second-order valence-corrected chi connectivity index (χ2v) is 7.38. The maximum absolute atomic E-state index is 12.3. The fourth-order valence-corrected chi connectivity index (χ4v) is 3.23. The molecule has 0 unspecified atom stereocenters. The summed E-state index contributed by atoms with van der Waals surface area (Å²) in [6.45, 7) is 3.25. The largest absolute Gasteiger partial charge is 0.480 e. The zero-order valence-corrected chi connectivity index (χ0v) is 15.0. The Bertz CT molecular complexity index is 413. The fraction of sp³-hybridized carbons (Fsp3) is 0.714. The summed E-state index contributed by atoms with van der Waals surface area (Å²) >= 11 is 1.98. The average molecular weight is 364 g/mol. The number of nitrogens with two attached hydrogens (primary N) is 1. The van der Waals surface area contributed by atoms with Gasteiger partial charge in [0.1, 0.15) is 6.04 Å². The molecule has 0 aromatic heterocycles. The molecule has 0 aromatic carbocycles. The van der Waals surface area contributed by atoms with E-state index in [0.29, 0.717) is 25.8 Å². The summed E-state index contributed by atoms with van der Waals surface area (Å²) in [5.74, 6) is -1.72. The molecule has 7 nitrogen and oxygen atoms in total. The number of nitrogens with one attached hydrogen (secondary N) is 1. The first-order valence-corrected chi connectivity index (χ1v) is 9.25. The molecule has 9 heteroatoms. The van der Waals surface area contributed by atoms with Crippen molar-refractivity contribution in [3.8, 4) is 0 Å². The minimum absolute atomic E-state index is 0.131. The predicted octanol–water partition coefficient (Wildman–Crippen LogP) is 0.860. The lowest BCUT2D eigenvalue weighted by Crippen LogP contribution is -2.45. The van der Waals surface area contributed by atoms with Crippen LogP contribution in [0.4, 0.5) is 0 Å². The summed E-state index contributed by atoms with van der Waals surface area (Å²) in [5.41, 5.74) is 5.37. The Labute approximate surface area is 144 Å². The highest BCUT2D eigenvalue weighted by atomic mass is 32.2. The standard InChI is InChI=1S/C14H24N2O5S2/c1-9(17)22-7-11(8-23-10(2)18)13(19)16-12(14(20)21)5-3-4-6-15/h11-12H,3-8,15H2,1-2H3,(H,16,19)(H,20,21)/t12-/m0/s1. The van der Waals surface area contributed by atoms with Crippen molar-refractivity contribution in [1.82, 2.24) is 5.32 Å². The van der Waals surface area contributed by atoms with Gasteiger partial charge < -0.3 is 16.2 Å². The van der Waals surface area contributed by atoms with Gasteiger partial charge in [0, 0.05) is 25.4 Å². The van der Waals surface area contributed by atoms with Crippen LogP contribution in [0.25, 0.3) is 0 Å². The van der Waals surface area contributed by atoms with E-state index < -0.39 is 23.8 Å². The summed E-state index contributed by atoms with van der Waals surface area (Å²) in [4.78, 5) is 45.6. The van der Waals surface area contributed by atoms with Crippen molar-refractivity contribution in [2.75, 3.05) is 18.1 Å². The van der Waals surface area contributed by atoms with Crippen molar-refractivity contribution in [2.45, 2.75) is 39.2 Å². The summed E-state index contributed by atoms with van der Waals surface area (Å²) in [6, 6.07) is -0.985. The molecule has 0 spiro atoms. The molecule has 0 aliphatic carbocycles. The Morgan fingerprint density at radius 3 is 1.96 bits per heavy atom. The molecule has 23 heavy (non-hydrogen) atoms. The molecule has 0 saturated heterocycles. The van der Waals surface area contributed by atoms with Crippen LogP contribution in [0.5, 0.6) is 0 Å². The minimum atomic E-state index is -1.10. The number of aliphatic carboxylic acids is 1. The molecule has 0 saturated carbocycles. The van der Waals surface area contributed by atoms with Crippen LogP contribution in [0.3, 0.4) is 0 Å².